The third-order valence-electron chi connectivity index (χ3n) is 7.12. The van der Waals surface area contributed by atoms with Crippen molar-refractivity contribution < 1.29 is 23.8 Å². The number of halogens is 2. The zero-order chi connectivity index (χ0) is 30.3. The molecular weight excluding hydrogens is 583 g/mol. The first-order valence-corrected chi connectivity index (χ1v) is 15.3. The molecule has 224 valence electrons. The first-order valence-electron chi connectivity index (χ1n) is 14.4. The average Bonchev–Trinajstić information content (AvgIpc) is 3.06. The molecule has 0 spiro atoms. The highest BCUT2D eigenvalue weighted by atomic mass is 35.5. The molecule has 0 saturated carbocycles. The van der Waals surface area contributed by atoms with Gasteiger partial charge in [-0.3, -0.25) is 9.59 Å². The Balaban J connectivity index is 1.22. The quantitative estimate of drug-likeness (QED) is 0.0716. The molecule has 7 heteroatoms. The van der Waals surface area contributed by atoms with Crippen molar-refractivity contribution in [2.45, 2.75) is 35.4 Å². The van der Waals surface area contributed by atoms with Gasteiger partial charge in [-0.2, -0.15) is 0 Å². The van der Waals surface area contributed by atoms with Gasteiger partial charge in [0.15, 0.2) is 0 Å². The number of carbonyl (C=O) groups is 2. The fraction of sp³-hybridized carbons (Fsp3) is 0.278. The van der Waals surface area contributed by atoms with Crippen LogP contribution in [-0.2, 0) is 23.8 Å². The summed E-state index contributed by atoms with van der Waals surface area (Å²) in [5.74, 6) is -1.74. The number of esters is 2. The Morgan fingerprint density at radius 1 is 0.465 bits per heavy atom. The predicted molar refractivity (Wildman–Crippen MR) is 170 cm³/mol. The van der Waals surface area contributed by atoms with Crippen LogP contribution >= 0.6 is 23.2 Å². The maximum absolute atomic E-state index is 13.1. The standard InChI is InChI=1S/C36H36Cl2O5/c37-33(29-17-9-3-10-18-29)25-31(27-13-5-1-6-14-27)35(39)42-23-21-41-22-24-43-36(40)32(28-15-7-2-8-16-28)26-34(38)30-19-11-4-12-20-30/h1-20,31-34H,21-26H2. The zero-order valence-electron chi connectivity index (χ0n) is 23.9. The summed E-state index contributed by atoms with van der Waals surface area (Å²) < 4.78 is 16.7. The lowest BCUT2D eigenvalue weighted by Gasteiger charge is -2.20. The van der Waals surface area contributed by atoms with Crippen LogP contribution in [-0.4, -0.2) is 38.4 Å². The Bertz CT molecular complexity index is 1260. The topological polar surface area (TPSA) is 61.8 Å². The van der Waals surface area contributed by atoms with Crippen molar-refractivity contribution in [1.82, 2.24) is 0 Å². The summed E-state index contributed by atoms with van der Waals surface area (Å²) in [6.07, 6.45) is 0.808. The Hall–Kier alpha value is -3.64. The van der Waals surface area contributed by atoms with E-state index < -0.39 is 11.8 Å². The van der Waals surface area contributed by atoms with Crippen LogP contribution < -0.4 is 0 Å². The Morgan fingerprint density at radius 2 is 0.767 bits per heavy atom. The number of hydrogen-bond donors (Lipinski definition) is 0. The highest BCUT2D eigenvalue weighted by Crippen LogP contribution is 2.35. The van der Waals surface area contributed by atoms with Crippen LogP contribution in [0.25, 0.3) is 0 Å². The SMILES string of the molecule is O=C(OCCOCCOC(=O)C(CC(Cl)c1ccccc1)c1ccccc1)C(CC(Cl)c1ccccc1)c1ccccc1. The maximum atomic E-state index is 13.1. The lowest BCUT2D eigenvalue weighted by molar-refractivity contribution is -0.148. The maximum Gasteiger partial charge on any atom is 0.313 e. The molecule has 0 aliphatic heterocycles. The van der Waals surface area contributed by atoms with E-state index in [1.807, 2.05) is 121 Å². The summed E-state index contributed by atoms with van der Waals surface area (Å²) >= 11 is 13.4. The summed E-state index contributed by atoms with van der Waals surface area (Å²) in [6, 6.07) is 38.4. The van der Waals surface area contributed by atoms with Gasteiger partial charge in [-0.05, 0) is 35.1 Å². The average molecular weight is 620 g/mol. The number of alkyl halides is 2. The van der Waals surface area contributed by atoms with E-state index >= 15 is 0 Å². The molecule has 0 saturated heterocycles. The van der Waals surface area contributed by atoms with Crippen molar-refractivity contribution in [1.29, 1.82) is 0 Å². The minimum Gasteiger partial charge on any atom is -0.463 e. The number of carbonyl (C=O) groups excluding carboxylic acids is 2. The van der Waals surface area contributed by atoms with Crippen LogP contribution in [0.3, 0.4) is 0 Å². The first-order chi connectivity index (χ1) is 21.0. The molecule has 0 N–H and O–H groups in total. The van der Waals surface area contributed by atoms with Crippen LogP contribution in [0.4, 0.5) is 0 Å². The molecule has 0 heterocycles. The van der Waals surface area contributed by atoms with E-state index in [0.29, 0.717) is 12.8 Å². The molecule has 4 unspecified atom stereocenters. The van der Waals surface area contributed by atoms with Crippen LogP contribution in [0.2, 0.25) is 0 Å². The van der Waals surface area contributed by atoms with Gasteiger partial charge in [0.1, 0.15) is 13.2 Å². The van der Waals surface area contributed by atoms with Crippen molar-refractivity contribution in [2.24, 2.45) is 0 Å². The van der Waals surface area contributed by atoms with E-state index in [0.717, 1.165) is 22.3 Å². The fourth-order valence-electron chi connectivity index (χ4n) is 4.82. The molecule has 4 atom stereocenters. The Morgan fingerprint density at radius 3 is 1.09 bits per heavy atom. The van der Waals surface area contributed by atoms with Gasteiger partial charge in [-0.25, -0.2) is 0 Å². The van der Waals surface area contributed by atoms with E-state index in [2.05, 4.69) is 0 Å². The lowest BCUT2D eigenvalue weighted by Crippen LogP contribution is -2.21. The van der Waals surface area contributed by atoms with Gasteiger partial charge in [-0.15, -0.1) is 23.2 Å². The Kier molecular flexibility index (Phi) is 13.1. The van der Waals surface area contributed by atoms with Gasteiger partial charge in [0, 0.05) is 0 Å². The van der Waals surface area contributed by atoms with Crippen LogP contribution in [0.5, 0.6) is 0 Å². The molecule has 0 bridgehead atoms. The number of benzene rings is 4. The first kappa shape index (κ1) is 32.3. The number of rotatable bonds is 16. The molecule has 0 fully saturated rings. The molecule has 5 nitrogen and oxygen atoms in total. The number of hydrogen-bond acceptors (Lipinski definition) is 5. The van der Waals surface area contributed by atoms with Gasteiger partial charge < -0.3 is 14.2 Å². The zero-order valence-corrected chi connectivity index (χ0v) is 25.4. The third-order valence-corrected chi connectivity index (χ3v) is 7.99. The highest BCUT2D eigenvalue weighted by Gasteiger charge is 2.27. The van der Waals surface area contributed by atoms with Gasteiger partial charge >= 0.3 is 11.9 Å². The molecule has 0 aromatic heterocycles. The van der Waals surface area contributed by atoms with Crippen LogP contribution in [0, 0.1) is 0 Å². The van der Waals surface area contributed by atoms with Crippen LogP contribution in [0.15, 0.2) is 121 Å². The summed E-state index contributed by atoms with van der Waals surface area (Å²) in [7, 11) is 0. The molecule has 0 radical (unpaired) electrons. The van der Waals surface area contributed by atoms with Crippen molar-refractivity contribution in [3.05, 3.63) is 144 Å². The van der Waals surface area contributed by atoms with Crippen molar-refractivity contribution in [3.8, 4) is 0 Å². The molecule has 4 rings (SSSR count). The second kappa shape index (κ2) is 17.5. The molecule has 43 heavy (non-hydrogen) atoms. The van der Waals surface area contributed by atoms with E-state index in [-0.39, 0.29) is 49.1 Å². The van der Waals surface area contributed by atoms with Crippen molar-refractivity contribution in [3.63, 3.8) is 0 Å². The fourth-order valence-corrected chi connectivity index (χ4v) is 5.47. The molecule has 4 aromatic rings. The summed E-state index contributed by atoms with van der Waals surface area (Å²) in [6.45, 7) is 0.499. The smallest absolute Gasteiger partial charge is 0.313 e. The molecule has 0 aliphatic carbocycles. The lowest BCUT2D eigenvalue weighted by atomic mass is 9.92. The van der Waals surface area contributed by atoms with E-state index in [9.17, 15) is 9.59 Å². The second-order valence-corrected chi connectivity index (χ2v) is 11.2. The van der Waals surface area contributed by atoms with E-state index in [1.165, 1.54) is 0 Å². The van der Waals surface area contributed by atoms with Gasteiger partial charge in [0.2, 0.25) is 0 Å². The molecule has 4 aromatic carbocycles. The Labute approximate surface area is 263 Å². The van der Waals surface area contributed by atoms with Gasteiger partial charge in [-0.1, -0.05) is 121 Å². The minimum absolute atomic E-state index is 0.0754. The monoisotopic (exact) mass is 618 g/mol. The summed E-state index contributed by atoms with van der Waals surface area (Å²) in [5.41, 5.74) is 3.60. The van der Waals surface area contributed by atoms with Gasteiger partial charge in [0.05, 0.1) is 35.8 Å². The van der Waals surface area contributed by atoms with E-state index in [4.69, 9.17) is 37.4 Å². The third kappa shape index (κ3) is 10.2. The summed E-state index contributed by atoms with van der Waals surface area (Å²) in [5, 5.41) is -0.683. The van der Waals surface area contributed by atoms with Gasteiger partial charge in [0.25, 0.3) is 0 Å². The molecular formula is C36H36Cl2O5. The van der Waals surface area contributed by atoms with Crippen LogP contribution in [0.1, 0.15) is 57.7 Å². The summed E-state index contributed by atoms with van der Waals surface area (Å²) in [4.78, 5) is 26.1. The normalized spacial score (nSPS) is 13.8. The minimum atomic E-state index is -0.513. The predicted octanol–water partition coefficient (Wildman–Crippen LogP) is 8.40. The van der Waals surface area contributed by atoms with Crippen molar-refractivity contribution >= 4 is 35.1 Å². The number of ether oxygens (including phenoxy) is 3. The molecule has 0 aliphatic rings. The second-order valence-electron chi connectivity index (χ2n) is 10.1. The molecule has 0 amide bonds. The van der Waals surface area contributed by atoms with Crippen molar-refractivity contribution in [2.75, 3.05) is 26.4 Å². The highest BCUT2D eigenvalue weighted by molar-refractivity contribution is 6.21. The van der Waals surface area contributed by atoms with E-state index in [1.54, 1.807) is 0 Å². The largest absolute Gasteiger partial charge is 0.463 e.